The van der Waals surface area contributed by atoms with Gasteiger partial charge >= 0.3 is 6.03 Å². The predicted octanol–water partition coefficient (Wildman–Crippen LogP) is 4.54. The van der Waals surface area contributed by atoms with Gasteiger partial charge in [0.25, 0.3) is 0 Å². The van der Waals surface area contributed by atoms with Crippen molar-refractivity contribution in [3.63, 3.8) is 0 Å². The van der Waals surface area contributed by atoms with Gasteiger partial charge in [-0.15, -0.1) is 0 Å². The number of piperidine rings is 1. The van der Waals surface area contributed by atoms with E-state index in [1.165, 1.54) is 0 Å². The number of para-hydroxylation sites is 1. The number of anilines is 1. The van der Waals surface area contributed by atoms with E-state index in [9.17, 15) is 4.79 Å². The van der Waals surface area contributed by atoms with Gasteiger partial charge < -0.3 is 15.1 Å². The van der Waals surface area contributed by atoms with Crippen LogP contribution >= 0.6 is 11.6 Å². The van der Waals surface area contributed by atoms with Crippen LogP contribution < -0.4 is 5.32 Å². The highest BCUT2D eigenvalue weighted by Gasteiger charge is 2.20. The van der Waals surface area contributed by atoms with Gasteiger partial charge in [0.05, 0.1) is 5.71 Å². The van der Waals surface area contributed by atoms with Crippen molar-refractivity contribution in [3.8, 4) is 0 Å². The first-order chi connectivity index (χ1) is 12.2. The minimum Gasteiger partial charge on any atom is -0.391 e. The van der Waals surface area contributed by atoms with Crippen molar-refractivity contribution in [2.45, 2.75) is 19.4 Å². The molecule has 1 aliphatic rings. The molecule has 6 heteroatoms. The molecule has 0 unspecified atom stereocenters. The summed E-state index contributed by atoms with van der Waals surface area (Å²) in [5.41, 5.74) is 2.68. The van der Waals surface area contributed by atoms with Crippen LogP contribution in [-0.4, -0.2) is 29.7 Å². The fourth-order valence-electron chi connectivity index (χ4n) is 2.59. The van der Waals surface area contributed by atoms with Gasteiger partial charge in [-0.2, -0.15) is 0 Å². The van der Waals surface area contributed by atoms with Crippen molar-refractivity contribution in [1.82, 2.24) is 4.90 Å². The van der Waals surface area contributed by atoms with Crippen molar-refractivity contribution < 1.29 is 9.63 Å². The number of rotatable bonds is 4. The average Bonchev–Trinajstić information content (AvgIpc) is 2.65. The molecule has 0 aromatic heterocycles. The fourth-order valence-corrected chi connectivity index (χ4v) is 2.78. The SMILES string of the molecule is O=C(Nc1ccccc1)N1CCC(=NOCc2ccccc2Cl)CC1. The quantitative estimate of drug-likeness (QED) is 0.816. The first-order valence-electron chi connectivity index (χ1n) is 8.24. The molecular formula is C19H20ClN3O2. The maximum Gasteiger partial charge on any atom is 0.321 e. The molecule has 1 heterocycles. The number of amides is 2. The summed E-state index contributed by atoms with van der Waals surface area (Å²) >= 11 is 6.09. The van der Waals surface area contributed by atoms with E-state index in [-0.39, 0.29) is 6.03 Å². The number of urea groups is 1. The number of benzene rings is 2. The Morgan fingerprint density at radius 1 is 1.08 bits per heavy atom. The number of nitrogens with one attached hydrogen (secondary N) is 1. The molecule has 2 amide bonds. The number of carbonyl (C=O) groups excluding carboxylic acids is 1. The second-order valence-corrected chi connectivity index (χ2v) is 6.21. The average molecular weight is 358 g/mol. The predicted molar refractivity (Wildman–Crippen MR) is 99.9 cm³/mol. The first-order valence-corrected chi connectivity index (χ1v) is 8.62. The molecule has 1 fully saturated rings. The molecule has 0 spiro atoms. The lowest BCUT2D eigenvalue weighted by atomic mass is 10.1. The summed E-state index contributed by atoms with van der Waals surface area (Å²) in [6.07, 6.45) is 1.43. The molecule has 0 saturated carbocycles. The summed E-state index contributed by atoms with van der Waals surface area (Å²) in [5.74, 6) is 0. The van der Waals surface area contributed by atoms with Crippen LogP contribution in [0.2, 0.25) is 5.02 Å². The van der Waals surface area contributed by atoms with E-state index in [2.05, 4.69) is 10.5 Å². The zero-order chi connectivity index (χ0) is 17.5. The van der Waals surface area contributed by atoms with Crippen LogP contribution in [0.15, 0.2) is 59.8 Å². The van der Waals surface area contributed by atoms with E-state index < -0.39 is 0 Å². The van der Waals surface area contributed by atoms with Crippen molar-refractivity contribution in [2.75, 3.05) is 18.4 Å². The summed E-state index contributed by atoms with van der Waals surface area (Å²) in [6, 6.07) is 16.9. The Morgan fingerprint density at radius 2 is 1.76 bits per heavy atom. The van der Waals surface area contributed by atoms with Crippen molar-refractivity contribution >= 4 is 29.0 Å². The van der Waals surface area contributed by atoms with E-state index in [0.29, 0.717) is 37.6 Å². The second kappa shape index (κ2) is 8.53. The Labute approximate surface area is 152 Å². The fraction of sp³-hybridized carbons (Fsp3) is 0.263. The van der Waals surface area contributed by atoms with Gasteiger partial charge in [0.15, 0.2) is 0 Å². The highest BCUT2D eigenvalue weighted by molar-refractivity contribution is 6.31. The number of oxime groups is 1. The van der Waals surface area contributed by atoms with Gasteiger partial charge in [0.2, 0.25) is 0 Å². The third-order valence-electron chi connectivity index (χ3n) is 4.02. The van der Waals surface area contributed by atoms with Crippen molar-refractivity contribution in [2.24, 2.45) is 5.16 Å². The van der Waals surface area contributed by atoms with Gasteiger partial charge in [0.1, 0.15) is 6.61 Å². The molecule has 1 saturated heterocycles. The number of hydrogen-bond acceptors (Lipinski definition) is 3. The highest BCUT2D eigenvalue weighted by atomic mass is 35.5. The number of likely N-dealkylation sites (tertiary alicyclic amines) is 1. The standard InChI is InChI=1S/C19H20ClN3O2/c20-18-9-5-4-6-15(18)14-25-22-17-10-12-23(13-11-17)19(24)21-16-7-2-1-3-8-16/h1-9H,10-14H2,(H,21,24). The summed E-state index contributed by atoms with van der Waals surface area (Å²) < 4.78 is 0. The Kier molecular flexibility index (Phi) is 5.90. The van der Waals surface area contributed by atoms with Crippen LogP contribution in [-0.2, 0) is 11.4 Å². The molecule has 0 radical (unpaired) electrons. The summed E-state index contributed by atoms with van der Waals surface area (Å²) in [5, 5.41) is 7.77. The Bertz CT molecular complexity index is 739. The maximum absolute atomic E-state index is 12.2. The van der Waals surface area contributed by atoms with E-state index in [1.807, 2.05) is 54.6 Å². The Balaban J connectivity index is 1.45. The van der Waals surface area contributed by atoms with Crippen molar-refractivity contribution in [1.29, 1.82) is 0 Å². The summed E-state index contributed by atoms with van der Waals surface area (Å²) in [7, 11) is 0. The molecule has 0 atom stereocenters. The van der Waals surface area contributed by atoms with Crippen LogP contribution in [0.25, 0.3) is 0 Å². The van der Waals surface area contributed by atoms with Crippen molar-refractivity contribution in [3.05, 3.63) is 65.2 Å². The van der Waals surface area contributed by atoms with Crippen LogP contribution in [0.4, 0.5) is 10.5 Å². The molecule has 1 aliphatic heterocycles. The monoisotopic (exact) mass is 357 g/mol. The van der Waals surface area contributed by atoms with E-state index in [0.717, 1.165) is 17.0 Å². The molecule has 130 valence electrons. The van der Waals surface area contributed by atoms with E-state index in [1.54, 1.807) is 4.90 Å². The van der Waals surface area contributed by atoms with Crippen LogP contribution in [0.1, 0.15) is 18.4 Å². The molecule has 2 aromatic carbocycles. The zero-order valence-corrected chi connectivity index (χ0v) is 14.6. The lowest BCUT2D eigenvalue weighted by Crippen LogP contribution is -2.41. The molecule has 0 bridgehead atoms. The Morgan fingerprint density at radius 3 is 2.48 bits per heavy atom. The lowest BCUT2D eigenvalue weighted by Gasteiger charge is -2.27. The number of carbonyl (C=O) groups is 1. The normalized spacial score (nSPS) is 14.1. The molecule has 0 aliphatic carbocycles. The molecule has 2 aromatic rings. The molecule has 25 heavy (non-hydrogen) atoms. The molecule has 1 N–H and O–H groups in total. The minimum absolute atomic E-state index is 0.0813. The summed E-state index contributed by atoms with van der Waals surface area (Å²) in [4.78, 5) is 19.4. The lowest BCUT2D eigenvalue weighted by molar-refractivity contribution is 0.127. The van der Waals surface area contributed by atoms with Gasteiger partial charge in [0, 0.05) is 42.2 Å². The largest absolute Gasteiger partial charge is 0.391 e. The van der Waals surface area contributed by atoms with Gasteiger partial charge in [-0.05, 0) is 18.2 Å². The highest BCUT2D eigenvalue weighted by Crippen LogP contribution is 2.16. The number of halogens is 1. The zero-order valence-electron chi connectivity index (χ0n) is 13.8. The molecule has 5 nitrogen and oxygen atoms in total. The smallest absolute Gasteiger partial charge is 0.321 e. The summed E-state index contributed by atoms with van der Waals surface area (Å²) in [6.45, 7) is 1.61. The Hall–Kier alpha value is -2.53. The van der Waals surface area contributed by atoms with Gasteiger partial charge in [-0.1, -0.05) is 53.2 Å². The third-order valence-corrected chi connectivity index (χ3v) is 4.39. The van der Waals surface area contributed by atoms with E-state index in [4.69, 9.17) is 16.4 Å². The molecule has 3 rings (SSSR count). The maximum atomic E-state index is 12.2. The number of nitrogens with zero attached hydrogens (tertiary/aromatic N) is 2. The third kappa shape index (κ3) is 4.97. The number of hydrogen-bond donors (Lipinski definition) is 1. The van der Waals surface area contributed by atoms with Crippen LogP contribution in [0.5, 0.6) is 0 Å². The second-order valence-electron chi connectivity index (χ2n) is 5.81. The first kappa shape index (κ1) is 17.3. The van der Waals surface area contributed by atoms with E-state index >= 15 is 0 Å². The van der Waals surface area contributed by atoms with Gasteiger partial charge in [-0.25, -0.2) is 4.79 Å². The van der Waals surface area contributed by atoms with Gasteiger partial charge in [-0.3, -0.25) is 0 Å². The van der Waals surface area contributed by atoms with Crippen LogP contribution in [0.3, 0.4) is 0 Å². The molecular weight excluding hydrogens is 338 g/mol. The van der Waals surface area contributed by atoms with Crippen LogP contribution in [0, 0.1) is 0 Å². The topological polar surface area (TPSA) is 53.9 Å². The minimum atomic E-state index is -0.0813.